The molecule has 0 radical (unpaired) electrons. The Morgan fingerprint density at radius 1 is 0.300 bits per heavy atom. The van der Waals surface area contributed by atoms with Gasteiger partial charge in [0.15, 0.2) is 0 Å². The smallest absolute Gasteiger partial charge is 0.0622 e. The quantitative estimate of drug-likeness (QED) is 0.165. The van der Waals surface area contributed by atoms with E-state index in [0.29, 0.717) is 0 Å². The second-order valence-electron chi connectivity index (χ2n) is 13.6. The Labute approximate surface area is 294 Å². The molecule has 0 heterocycles. The Morgan fingerprint density at radius 2 is 0.760 bits per heavy atom. The summed E-state index contributed by atoms with van der Waals surface area (Å²) in [4.78, 5) is 0. The van der Waals surface area contributed by atoms with Crippen molar-refractivity contribution < 1.29 is 0 Å². The van der Waals surface area contributed by atoms with Gasteiger partial charge < -0.3 is 0 Å². The normalized spacial score (nSPS) is 13.7. The monoisotopic (exact) mass is 634 g/mol. The molecule has 0 aromatic heterocycles. The third-order valence-corrected chi connectivity index (χ3v) is 11.0. The van der Waals surface area contributed by atoms with E-state index in [4.69, 9.17) is 0 Å². The van der Waals surface area contributed by atoms with Gasteiger partial charge in [-0.25, -0.2) is 0 Å². The summed E-state index contributed by atoms with van der Waals surface area (Å²) in [5.41, 5.74) is 19.3. The summed E-state index contributed by atoms with van der Waals surface area (Å²) < 4.78 is 0. The van der Waals surface area contributed by atoms with Crippen LogP contribution >= 0.6 is 0 Å². The van der Waals surface area contributed by atoms with Gasteiger partial charge in [0, 0.05) is 5.92 Å². The van der Waals surface area contributed by atoms with Gasteiger partial charge in [-0.3, -0.25) is 0 Å². The second kappa shape index (κ2) is 11.4. The van der Waals surface area contributed by atoms with Gasteiger partial charge in [0.05, 0.1) is 5.41 Å². The van der Waals surface area contributed by atoms with Crippen molar-refractivity contribution in [3.63, 3.8) is 0 Å². The zero-order chi connectivity index (χ0) is 33.1. The lowest BCUT2D eigenvalue weighted by Crippen LogP contribution is -2.25. The van der Waals surface area contributed by atoms with Crippen LogP contribution in [-0.4, -0.2) is 0 Å². The van der Waals surface area contributed by atoms with E-state index < -0.39 is 0 Å². The standard InChI is InChI=1S/C50H34/c1-3-15-34(16-4-1)36-29-31-37(32-30-36)48(39-20-13-19-38(33-39)35-17-5-2-6-18-35)43-24-14-28-47-49(43)42-23-9-12-27-46(42)50(47)44-25-10-7-21-40(44)41-22-8-11-26-45(41)50/h1-33,48H. The number of hydrogen-bond acceptors (Lipinski definition) is 0. The molecule has 10 rings (SSSR count). The SMILES string of the molecule is c1ccc(-c2ccc(C(c3cccc(-c4ccccc4)c3)c3cccc4c3-c3ccccc3C43c4ccccc4-c4ccccc43)cc2)cc1. The number of benzene rings is 8. The van der Waals surface area contributed by atoms with Gasteiger partial charge in [0.2, 0.25) is 0 Å². The van der Waals surface area contributed by atoms with Gasteiger partial charge in [-0.2, -0.15) is 0 Å². The molecule has 0 fully saturated rings. The molecular weight excluding hydrogens is 601 g/mol. The van der Waals surface area contributed by atoms with Crippen LogP contribution < -0.4 is 0 Å². The summed E-state index contributed by atoms with van der Waals surface area (Å²) in [6.45, 7) is 0. The van der Waals surface area contributed by atoms with E-state index in [2.05, 4.69) is 200 Å². The van der Waals surface area contributed by atoms with Crippen LogP contribution in [0.2, 0.25) is 0 Å². The van der Waals surface area contributed by atoms with Crippen molar-refractivity contribution >= 4 is 0 Å². The maximum Gasteiger partial charge on any atom is 0.0725 e. The van der Waals surface area contributed by atoms with Crippen molar-refractivity contribution in [2.45, 2.75) is 11.3 Å². The Balaban J connectivity index is 1.24. The molecular formula is C50H34. The lowest BCUT2D eigenvalue weighted by Gasteiger charge is -2.31. The highest BCUT2D eigenvalue weighted by molar-refractivity contribution is 5.96. The minimum absolute atomic E-state index is 0.0218. The fourth-order valence-electron chi connectivity index (χ4n) is 8.99. The van der Waals surface area contributed by atoms with Crippen molar-refractivity contribution in [2.75, 3.05) is 0 Å². The van der Waals surface area contributed by atoms with Crippen LogP contribution in [0.15, 0.2) is 200 Å². The molecule has 2 aliphatic rings. The van der Waals surface area contributed by atoms with E-state index in [1.807, 2.05) is 0 Å². The average molecular weight is 635 g/mol. The van der Waals surface area contributed by atoms with E-state index in [1.165, 1.54) is 83.5 Å². The van der Waals surface area contributed by atoms with Crippen LogP contribution in [0, 0.1) is 0 Å². The van der Waals surface area contributed by atoms with E-state index >= 15 is 0 Å². The molecule has 0 saturated carbocycles. The van der Waals surface area contributed by atoms with Gasteiger partial charge in [0.25, 0.3) is 0 Å². The van der Waals surface area contributed by atoms with Crippen molar-refractivity contribution in [1.82, 2.24) is 0 Å². The molecule has 0 N–H and O–H groups in total. The Kier molecular flexibility index (Phi) is 6.57. The summed E-state index contributed by atoms with van der Waals surface area (Å²) in [7, 11) is 0. The van der Waals surface area contributed by atoms with Gasteiger partial charge in [-0.1, -0.05) is 200 Å². The molecule has 1 spiro atoms. The highest BCUT2D eigenvalue weighted by Gasteiger charge is 2.52. The molecule has 8 aromatic carbocycles. The highest BCUT2D eigenvalue weighted by atomic mass is 14.5. The fraction of sp³-hybridized carbons (Fsp3) is 0.0400. The molecule has 2 aliphatic carbocycles. The molecule has 0 amide bonds. The van der Waals surface area contributed by atoms with Gasteiger partial charge in [-0.05, 0) is 83.5 Å². The van der Waals surface area contributed by atoms with E-state index in [9.17, 15) is 0 Å². The molecule has 234 valence electrons. The maximum absolute atomic E-state index is 2.40. The minimum Gasteiger partial charge on any atom is -0.0622 e. The van der Waals surface area contributed by atoms with Crippen molar-refractivity contribution in [2.24, 2.45) is 0 Å². The van der Waals surface area contributed by atoms with Crippen LogP contribution in [0.25, 0.3) is 44.5 Å². The Hall–Kier alpha value is -6.24. The zero-order valence-corrected chi connectivity index (χ0v) is 27.6. The first kappa shape index (κ1) is 28.7. The molecule has 0 nitrogen and oxygen atoms in total. The van der Waals surface area contributed by atoms with Crippen LogP contribution in [-0.2, 0) is 5.41 Å². The topological polar surface area (TPSA) is 0 Å². The third kappa shape index (κ3) is 4.18. The number of rotatable bonds is 5. The van der Waals surface area contributed by atoms with E-state index in [1.54, 1.807) is 0 Å². The third-order valence-electron chi connectivity index (χ3n) is 11.0. The number of hydrogen-bond donors (Lipinski definition) is 0. The fourth-order valence-corrected chi connectivity index (χ4v) is 8.99. The van der Waals surface area contributed by atoms with Crippen molar-refractivity contribution in [3.05, 3.63) is 239 Å². The Bertz CT molecular complexity index is 2480. The van der Waals surface area contributed by atoms with Crippen LogP contribution in [0.1, 0.15) is 44.9 Å². The van der Waals surface area contributed by atoms with E-state index in [-0.39, 0.29) is 11.3 Å². The Morgan fingerprint density at radius 3 is 1.40 bits per heavy atom. The van der Waals surface area contributed by atoms with Gasteiger partial charge in [0.1, 0.15) is 0 Å². The summed E-state index contributed by atoms with van der Waals surface area (Å²) in [5.74, 6) is 0.0218. The van der Waals surface area contributed by atoms with Gasteiger partial charge >= 0.3 is 0 Å². The van der Waals surface area contributed by atoms with Crippen LogP contribution in [0.5, 0.6) is 0 Å². The summed E-state index contributed by atoms with van der Waals surface area (Å²) in [6, 6.07) is 74.2. The first-order valence-electron chi connectivity index (χ1n) is 17.6. The number of fused-ring (bicyclic) bond motifs is 10. The first-order valence-corrected chi connectivity index (χ1v) is 17.6. The first-order chi connectivity index (χ1) is 24.8. The van der Waals surface area contributed by atoms with Crippen LogP contribution in [0.4, 0.5) is 0 Å². The zero-order valence-electron chi connectivity index (χ0n) is 27.6. The van der Waals surface area contributed by atoms with E-state index in [0.717, 1.165) is 0 Å². The summed E-state index contributed by atoms with van der Waals surface area (Å²) >= 11 is 0. The molecule has 0 saturated heterocycles. The lowest BCUT2D eigenvalue weighted by atomic mass is 9.70. The molecule has 8 aromatic rings. The average Bonchev–Trinajstić information content (AvgIpc) is 3.67. The molecule has 1 unspecified atom stereocenters. The predicted molar refractivity (Wildman–Crippen MR) is 207 cm³/mol. The second-order valence-corrected chi connectivity index (χ2v) is 13.6. The molecule has 0 heteroatoms. The minimum atomic E-state index is -0.372. The maximum atomic E-state index is 2.40. The molecule has 50 heavy (non-hydrogen) atoms. The van der Waals surface area contributed by atoms with Gasteiger partial charge in [-0.15, -0.1) is 0 Å². The summed E-state index contributed by atoms with van der Waals surface area (Å²) in [5, 5.41) is 0. The molecule has 0 aliphatic heterocycles. The predicted octanol–water partition coefficient (Wildman–Crippen LogP) is 12.5. The molecule has 0 bridgehead atoms. The highest BCUT2D eigenvalue weighted by Crippen LogP contribution is 2.64. The molecule has 1 atom stereocenters. The van der Waals surface area contributed by atoms with Crippen molar-refractivity contribution in [1.29, 1.82) is 0 Å². The largest absolute Gasteiger partial charge is 0.0725 e. The van der Waals surface area contributed by atoms with Crippen LogP contribution in [0.3, 0.4) is 0 Å². The van der Waals surface area contributed by atoms with Crippen molar-refractivity contribution in [3.8, 4) is 44.5 Å². The lowest BCUT2D eigenvalue weighted by molar-refractivity contribution is 0.792. The summed E-state index contributed by atoms with van der Waals surface area (Å²) in [6.07, 6.45) is 0.